The van der Waals surface area contributed by atoms with Crippen molar-refractivity contribution in [3.8, 4) is 11.3 Å². The van der Waals surface area contributed by atoms with Crippen molar-refractivity contribution in [2.24, 2.45) is 5.10 Å². The number of nitrogens with one attached hydrogen (secondary N) is 2. The molecule has 0 fully saturated rings. The lowest BCUT2D eigenvalue weighted by atomic mass is 10.0. The van der Waals surface area contributed by atoms with Crippen LogP contribution in [-0.2, 0) is 0 Å². The fraction of sp³-hybridized carbons (Fsp3) is 0.0455. The first-order chi connectivity index (χ1) is 14.5. The van der Waals surface area contributed by atoms with Crippen molar-refractivity contribution in [1.82, 2.24) is 15.6 Å². The minimum Gasteiger partial charge on any atom is -0.272 e. The molecule has 0 radical (unpaired) electrons. The molecule has 2 N–H and O–H groups in total. The summed E-state index contributed by atoms with van der Waals surface area (Å²) < 4.78 is 0. The number of amides is 1. The Morgan fingerprint density at radius 1 is 1.07 bits per heavy atom. The van der Waals surface area contributed by atoms with Crippen LogP contribution in [0.1, 0.15) is 23.0 Å². The predicted molar refractivity (Wildman–Crippen MR) is 114 cm³/mol. The third-order valence-electron chi connectivity index (χ3n) is 4.69. The van der Waals surface area contributed by atoms with E-state index in [-0.39, 0.29) is 11.4 Å². The highest BCUT2D eigenvalue weighted by molar-refractivity contribution is 6.01. The van der Waals surface area contributed by atoms with Gasteiger partial charge in [-0.05, 0) is 23.8 Å². The van der Waals surface area contributed by atoms with Crippen LogP contribution in [0.25, 0.3) is 22.0 Å². The molecule has 0 bridgehead atoms. The van der Waals surface area contributed by atoms with Gasteiger partial charge in [0.25, 0.3) is 11.6 Å². The van der Waals surface area contributed by atoms with Gasteiger partial charge in [0.15, 0.2) is 0 Å². The Morgan fingerprint density at radius 3 is 2.67 bits per heavy atom. The average Bonchev–Trinajstić information content (AvgIpc) is 3.27. The molecule has 0 atom stereocenters. The van der Waals surface area contributed by atoms with Crippen LogP contribution >= 0.6 is 0 Å². The van der Waals surface area contributed by atoms with Crippen LogP contribution in [0.3, 0.4) is 0 Å². The summed E-state index contributed by atoms with van der Waals surface area (Å²) in [7, 11) is 0. The molecule has 0 aliphatic heterocycles. The Kier molecular flexibility index (Phi) is 5.04. The SMILES string of the molecule is C/C(=N/NC(=O)c1cc(-c2cccc3ccccc23)n[nH]1)c1cccc([N+](=O)[O-])c1. The monoisotopic (exact) mass is 399 g/mol. The summed E-state index contributed by atoms with van der Waals surface area (Å²) in [6.07, 6.45) is 0. The van der Waals surface area contributed by atoms with E-state index in [0.29, 0.717) is 17.0 Å². The summed E-state index contributed by atoms with van der Waals surface area (Å²) in [6, 6.07) is 21.6. The topological polar surface area (TPSA) is 113 Å². The van der Waals surface area contributed by atoms with Gasteiger partial charge in [-0.2, -0.15) is 10.2 Å². The number of nitro benzene ring substituents is 1. The summed E-state index contributed by atoms with van der Waals surface area (Å²) in [4.78, 5) is 22.9. The lowest BCUT2D eigenvalue weighted by molar-refractivity contribution is -0.384. The highest BCUT2D eigenvalue weighted by atomic mass is 16.6. The molecule has 0 aliphatic carbocycles. The summed E-state index contributed by atoms with van der Waals surface area (Å²) in [5.41, 5.74) is 5.23. The summed E-state index contributed by atoms with van der Waals surface area (Å²) >= 11 is 0. The van der Waals surface area contributed by atoms with Crippen molar-refractivity contribution in [1.29, 1.82) is 0 Å². The normalized spacial score (nSPS) is 11.4. The summed E-state index contributed by atoms with van der Waals surface area (Å²) in [5.74, 6) is -0.459. The zero-order chi connectivity index (χ0) is 21.1. The van der Waals surface area contributed by atoms with Gasteiger partial charge in [-0.25, -0.2) is 5.43 Å². The second-order valence-electron chi connectivity index (χ2n) is 6.64. The molecule has 1 amide bonds. The van der Waals surface area contributed by atoms with Gasteiger partial charge in [0.1, 0.15) is 5.69 Å². The Hall–Kier alpha value is -4.33. The molecule has 4 rings (SSSR count). The van der Waals surface area contributed by atoms with Gasteiger partial charge >= 0.3 is 0 Å². The van der Waals surface area contributed by atoms with Crippen molar-refractivity contribution in [2.75, 3.05) is 0 Å². The van der Waals surface area contributed by atoms with E-state index in [1.165, 1.54) is 12.1 Å². The van der Waals surface area contributed by atoms with Crippen LogP contribution in [0, 0.1) is 10.1 Å². The molecule has 3 aromatic carbocycles. The van der Waals surface area contributed by atoms with E-state index in [1.54, 1.807) is 25.1 Å². The number of H-pyrrole nitrogens is 1. The fourth-order valence-corrected chi connectivity index (χ4v) is 3.13. The average molecular weight is 399 g/mol. The molecule has 148 valence electrons. The second kappa shape index (κ2) is 7.96. The quantitative estimate of drug-likeness (QED) is 0.296. The lowest BCUT2D eigenvalue weighted by Gasteiger charge is -2.03. The fourth-order valence-electron chi connectivity index (χ4n) is 3.13. The maximum Gasteiger partial charge on any atom is 0.289 e. The molecule has 8 nitrogen and oxygen atoms in total. The first-order valence-electron chi connectivity index (χ1n) is 9.16. The largest absolute Gasteiger partial charge is 0.289 e. The number of carbonyl (C=O) groups is 1. The van der Waals surface area contributed by atoms with Crippen LogP contribution in [0.4, 0.5) is 5.69 Å². The van der Waals surface area contributed by atoms with Gasteiger partial charge in [-0.15, -0.1) is 0 Å². The molecule has 8 heteroatoms. The number of hydrazone groups is 1. The number of non-ortho nitro benzene ring substituents is 1. The molecule has 0 aliphatic rings. The van der Waals surface area contributed by atoms with Crippen LogP contribution in [0.5, 0.6) is 0 Å². The number of hydrogen-bond acceptors (Lipinski definition) is 5. The Balaban J connectivity index is 1.54. The number of rotatable bonds is 5. The zero-order valence-corrected chi connectivity index (χ0v) is 16.0. The third kappa shape index (κ3) is 3.79. The highest BCUT2D eigenvalue weighted by Gasteiger charge is 2.13. The Labute approximate surface area is 171 Å². The van der Waals surface area contributed by atoms with E-state index in [1.807, 2.05) is 42.5 Å². The molecular formula is C22H17N5O3. The van der Waals surface area contributed by atoms with Crippen LogP contribution in [0.2, 0.25) is 0 Å². The number of aromatic amines is 1. The number of nitro groups is 1. The standard InChI is InChI=1S/C22H17N5O3/c1-14(16-8-4-9-17(12-16)27(29)30)23-26-22(28)21-13-20(24-25-21)19-11-5-7-15-6-2-3-10-18(15)19/h2-13H,1H3,(H,24,25)(H,26,28)/b23-14-. The molecule has 1 aromatic heterocycles. The minimum atomic E-state index is -0.477. The molecule has 0 spiro atoms. The smallest absolute Gasteiger partial charge is 0.272 e. The third-order valence-corrected chi connectivity index (χ3v) is 4.69. The molecule has 0 saturated heterocycles. The van der Waals surface area contributed by atoms with E-state index in [0.717, 1.165) is 16.3 Å². The maximum atomic E-state index is 12.5. The highest BCUT2D eigenvalue weighted by Crippen LogP contribution is 2.27. The molecule has 30 heavy (non-hydrogen) atoms. The second-order valence-corrected chi connectivity index (χ2v) is 6.64. The van der Waals surface area contributed by atoms with Crippen molar-refractivity contribution in [3.05, 3.63) is 94.2 Å². The molecular weight excluding hydrogens is 382 g/mol. The van der Waals surface area contributed by atoms with Crippen molar-refractivity contribution >= 4 is 28.1 Å². The predicted octanol–water partition coefficient (Wildman–Crippen LogP) is 4.29. The number of aromatic nitrogens is 2. The van der Waals surface area contributed by atoms with E-state index >= 15 is 0 Å². The van der Waals surface area contributed by atoms with Gasteiger partial charge in [0.05, 0.1) is 16.3 Å². The number of carbonyl (C=O) groups excluding carboxylic acids is 1. The van der Waals surface area contributed by atoms with E-state index < -0.39 is 10.8 Å². The van der Waals surface area contributed by atoms with Crippen molar-refractivity contribution in [2.45, 2.75) is 6.92 Å². The van der Waals surface area contributed by atoms with Crippen LogP contribution < -0.4 is 5.43 Å². The first kappa shape index (κ1) is 19.0. The summed E-state index contributed by atoms with van der Waals surface area (Å²) in [6.45, 7) is 1.66. The number of hydrogen-bond donors (Lipinski definition) is 2. The van der Waals surface area contributed by atoms with E-state index in [9.17, 15) is 14.9 Å². The molecule has 0 saturated carbocycles. The van der Waals surface area contributed by atoms with Crippen LogP contribution in [0.15, 0.2) is 77.9 Å². The molecule has 4 aromatic rings. The number of nitrogens with zero attached hydrogens (tertiary/aromatic N) is 3. The number of benzene rings is 3. The van der Waals surface area contributed by atoms with E-state index in [4.69, 9.17) is 0 Å². The van der Waals surface area contributed by atoms with Gasteiger partial charge in [-0.1, -0.05) is 54.6 Å². The first-order valence-corrected chi connectivity index (χ1v) is 9.16. The zero-order valence-electron chi connectivity index (χ0n) is 16.0. The van der Waals surface area contributed by atoms with Crippen molar-refractivity contribution in [3.63, 3.8) is 0 Å². The van der Waals surface area contributed by atoms with Gasteiger partial charge in [-0.3, -0.25) is 20.0 Å². The van der Waals surface area contributed by atoms with Gasteiger partial charge in [0, 0.05) is 23.3 Å². The molecule has 1 heterocycles. The Bertz CT molecular complexity index is 1290. The lowest BCUT2D eigenvalue weighted by Crippen LogP contribution is -2.19. The maximum absolute atomic E-state index is 12.5. The van der Waals surface area contributed by atoms with E-state index in [2.05, 4.69) is 20.7 Å². The molecule has 0 unspecified atom stereocenters. The Morgan fingerprint density at radius 2 is 1.83 bits per heavy atom. The van der Waals surface area contributed by atoms with Gasteiger partial charge < -0.3 is 0 Å². The minimum absolute atomic E-state index is 0.0401. The summed E-state index contributed by atoms with van der Waals surface area (Å²) in [5, 5.41) is 24.1. The number of fused-ring (bicyclic) bond motifs is 1. The van der Waals surface area contributed by atoms with Gasteiger partial charge in [0.2, 0.25) is 0 Å². The van der Waals surface area contributed by atoms with Crippen molar-refractivity contribution < 1.29 is 9.72 Å². The van der Waals surface area contributed by atoms with Crippen LogP contribution in [-0.4, -0.2) is 26.7 Å².